The molecule has 0 bridgehead atoms. The molecule has 0 radical (unpaired) electrons. The molecular weight excluding hydrogens is 420 g/mol. The predicted molar refractivity (Wildman–Crippen MR) is 102 cm³/mol. The van der Waals surface area contributed by atoms with Crippen LogP contribution in [0.25, 0.3) is 0 Å². The molecule has 6 heteroatoms. The van der Waals surface area contributed by atoms with Gasteiger partial charge in [-0.15, -0.1) is 24.0 Å². The number of nitrogens with zero attached hydrogens (tertiary/aromatic N) is 2. The van der Waals surface area contributed by atoms with E-state index in [9.17, 15) is 0 Å². The Morgan fingerprint density at radius 2 is 1.62 bits per heavy atom. The third kappa shape index (κ3) is 5.65. The second kappa shape index (κ2) is 9.02. The predicted octanol–water partition coefficient (Wildman–Crippen LogP) is 4.72. The van der Waals surface area contributed by atoms with Gasteiger partial charge in [-0.05, 0) is 24.3 Å². The Morgan fingerprint density at radius 3 is 2.24 bits per heavy atom. The summed E-state index contributed by atoms with van der Waals surface area (Å²) in [5.74, 6) is 0.427. The van der Waals surface area contributed by atoms with Gasteiger partial charge in [0.25, 0.3) is 0 Å². The van der Waals surface area contributed by atoms with Crippen LogP contribution < -0.4 is 5.73 Å². The fraction of sp³-hybridized carbons (Fsp3) is 0.0667. The van der Waals surface area contributed by atoms with Gasteiger partial charge in [-0.2, -0.15) is 0 Å². The SMILES string of the molecule is I.NC(CN=Cc1c(Cl)cccc1Cl)=Nc1ccccc1. The quantitative estimate of drug-likeness (QED) is 0.423. The Labute approximate surface area is 150 Å². The molecular formula is C15H14Cl2IN3. The highest BCUT2D eigenvalue weighted by Crippen LogP contribution is 2.22. The average Bonchev–Trinajstić information content (AvgIpc) is 2.43. The van der Waals surface area contributed by atoms with E-state index in [0.29, 0.717) is 21.4 Å². The van der Waals surface area contributed by atoms with Crippen LogP contribution in [0.3, 0.4) is 0 Å². The van der Waals surface area contributed by atoms with Crippen LogP contribution >= 0.6 is 47.2 Å². The van der Waals surface area contributed by atoms with Gasteiger partial charge in [0, 0.05) is 11.8 Å². The number of hydrogen-bond donors (Lipinski definition) is 1. The first kappa shape index (κ1) is 17.9. The van der Waals surface area contributed by atoms with Gasteiger partial charge in [0.1, 0.15) is 5.84 Å². The Bertz CT molecular complexity index is 622. The third-order valence-electron chi connectivity index (χ3n) is 2.50. The Balaban J connectivity index is 0.00000220. The Morgan fingerprint density at radius 1 is 1.00 bits per heavy atom. The minimum absolute atomic E-state index is 0. The van der Waals surface area contributed by atoms with Crippen LogP contribution in [0.1, 0.15) is 5.56 Å². The molecule has 3 nitrogen and oxygen atoms in total. The molecule has 0 aliphatic heterocycles. The van der Waals surface area contributed by atoms with Crippen molar-refractivity contribution >= 4 is 64.9 Å². The van der Waals surface area contributed by atoms with Crippen molar-refractivity contribution in [2.45, 2.75) is 0 Å². The van der Waals surface area contributed by atoms with E-state index in [4.69, 9.17) is 28.9 Å². The largest absolute Gasteiger partial charge is 0.386 e. The van der Waals surface area contributed by atoms with Crippen molar-refractivity contribution in [2.24, 2.45) is 15.7 Å². The molecule has 2 N–H and O–H groups in total. The van der Waals surface area contributed by atoms with Gasteiger partial charge in [0.05, 0.1) is 22.3 Å². The molecule has 0 spiro atoms. The minimum atomic E-state index is 0. The number of para-hydroxylation sites is 1. The van der Waals surface area contributed by atoms with Crippen molar-refractivity contribution in [3.63, 3.8) is 0 Å². The zero-order valence-corrected chi connectivity index (χ0v) is 14.9. The first-order chi connectivity index (χ1) is 9.66. The number of rotatable bonds is 4. The standard InChI is InChI=1S/C15H13Cl2N3.HI/c16-13-7-4-8-14(17)12(13)9-19-10-15(18)20-11-5-2-1-3-6-11;/h1-9H,10H2,(H2,18,20);1H. The fourth-order valence-electron chi connectivity index (χ4n) is 1.57. The van der Waals surface area contributed by atoms with Crippen LogP contribution in [0.15, 0.2) is 58.5 Å². The second-order valence-corrected chi connectivity index (χ2v) is 4.86. The molecule has 0 amide bonds. The summed E-state index contributed by atoms with van der Waals surface area (Å²) in [7, 11) is 0. The number of nitrogens with two attached hydrogens (primary N) is 1. The van der Waals surface area contributed by atoms with Crippen molar-refractivity contribution in [1.82, 2.24) is 0 Å². The summed E-state index contributed by atoms with van der Waals surface area (Å²) in [6.45, 7) is 0.288. The molecule has 0 fully saturated rings. The molecule has 0 aliphatic rings. The smallest absolute Gasteiger partial charge is 0.121 e. The van der Waals surface area contributed by atoms with E-state index in [-0.39, 0.29) is 30.5 Å². The molecule has 2 rings (SSSR count). The van der Waals surface area contributed by atoms with E-state index in [2.05, 4.69) is 9.98 Å². The summed E-state index contributed by atoms with van der Waals surface area (Å²) < 4.78 is 0. The van der Waals surface area contributed by atoms with Crippen LogP contribution in [0.5, 0.6) is 0 Å². The number of halogens is 3. The average molecular weight is 434 g/mol. The van der Waals surface area contributed by atoms with Crippen molar-refractivity contribution in [2.75, 3.05) is 6.54 Å². The maximum absolute atomic E-state index is 6.04. The van der Waals surface area contributed by atoms with Crippen LogP contribution in [0.2, 0.25) is 10.0 Å². The summed E-state index contributed by atoms with van der Waals surface area (Å²) in [6, 6.07) is 14.8. The van der Waals surface area contributed by atoms with Crippen LogP contribution in [-0.4, -0.2) is 18.6 Å². The van der Waals surface area contributed by atoms with E-state index < -0.39 is 0 Å². The van der Waals surface area contributed by atoms with Gasteiger partial charge < -0.3 is 5.73 Å². The third-order valence-corrected chi connectivity index (χ3v) is 3.16. The minimum Gasteiger partial charge on any atom is -0.386 e. The maximum Gasteiger partial charge on any atom is 0.121 e. The topological polar surface area (TPSA) is 50.7 Å². The number of amidine groups is 1. The highest BCUT2D eigenvalue weighted by Gasteiger charge is 2.01. The maximum atomic E-state index is 6.04. The normalized spacial score (nSPS) is 11.4. The molecule has 0 unspecified atom stereocenters. The molecule has 110 valence electrons. The highest BCUT2D eigenvalue weighted by molar-refractivity contribution is 14.0. The number of benzene rings is 2. The lowest BCUT2D eigenvalue weighted by molar-refractivity contribution is 1.26. The van der Waals surface area contributed by atoms with Crippen LogP contribution in [0, 0.1) is 0 Å². The molecule has 0 heterocycles. The fourth-order valence-corrected chi connectivity index (χ4v) is 2.06. The summed E-state index contributed by atoms with van der Waals surface area (Å²) in [6.07, 6.45) is 1.61. The van der Waals surface area contributed by atoms with Crippen molar-refractivity contribution in [3.8, 4) is 0 Å². The number of hydrogen-bond acceptors (Lipinski definition) is 2. The summed E-state index contributed by atoms with van der Waals surface area (Å²) in [5.41, 5.74) is 7.30. The lowest BCUT2D eigenvalue weighted by Gasteiger charge is -2.00. The Hall–Kier alpha value is -1.11. The first-order valence-electron chi connectivity index (χ1n) is 5.99. The van der Waals surface area contributed by atoms with E-state index in [1.807, 2.05) is 30.3 Å². The molecule has 21 heavy (non-hydrogen) atoms. The van der Waals surface area contributed by atoms with E-state index in [0.717, 1.165) is 5.69 Å². The van der Waals surface area contributed by atoms with Gasteiger partial charge >= 0.3 is 0 Å². The van der Waals surface area contributed by atoms with E-state index in [1.54, 1.807) is 24.4 Å². The van der Waals surface area contributed by atoms with Crippen LogP contribution in [-0.2, 0) is 0 Å². The summed E-state index contributed by atoms with van der Waals surface area (Å²) in [4.78, 5) is 8.46. The monoisotopic (exact) mass is 433 g/mol. The van der Waals surface area contributed by atoms with Gasteiger partial charge in [-0.25, -0.2) is 4.99 Å². The molecule has 0 aromatic heterocycles. The van der Waals surface area contributed by atoms with E-state index >= 15 is 0 Å². The number of aliphatic imine (C=N–C) groups is 2. The first-order valence-corrected chi connectivity index (χ1v) is 6.74. The Kier molecular flexibility index (Phi) is 7.71. The highest BCUT2D eigenvalue weighted by atomic mass is 127. The molecule has 0 aliphatic carbocycles. The summed E-state index contributed by atoms with van der Waals surface area (Å²) >= 11 is 12.1. The van der Waals surface area contributed by atoms with Gasteiger partial charge in [0.15, 0.2) is 0 Å². The van der Waals surface area contributed by atoms with Crippen LogP contribution in [0.4, 0.5) is 5.69 Å². The zero-order valence-electron chi connectivity index (χ0n) is 11.0. The molecule has 0 saturated heterocycles. The second-order valence-electron chi connectivity index (χ2n) is 4.04. The van der Waals surface area contributed by atoms with Gasteiger partial charge in [-0.3, -0.25) is 4.99 Å². The van der Waals surface area contributed by atoms with Crippen molar-refractivity contribution in [3.05, 3.63) is 64.1 Å². The zero-order chi connectivity index (χ0) is 14.4. The molecule has 0 saturated carbocycles. The molecule has 2 aromatic carbocycles. The van der Waals surface area contributed by atoms with Crippen molar-refractivity contribution < 1.29 is 0 Å². The van der Waals surface area contributed by atoms with Crippen molar-refractivity contribution in [1.29, 1.82) is 0 Å². The van der Waals surface area contributed by atoms with Gasteiger partial charge in [0.2, 0.25) is 0 Å². The summed E-state index contributed by atoms with van der Waals surface area (Å²) in [5, 5.41) is 1.11. The van der Waals surface area contributed by atoms with Gasteiger partial charge in [-0.1, -0.05) is 47.5 Å². The lowest BCUT2D eigenvalue weighted by atomic mass is 10.2. The lowest BCUT2D eigenvalue weighted by Crippen LogP contribution is -2.15. The van der Waals surface area contributed by atoms with E-state index in [1.165, 1.54) is 0 Å². The molecule has 2 aromatic rings. The molecule has 0 atom stereocenters.